The number of rotatable bonds is 11. The van der Waals surface area contributed by atoms with E-state index < -0.39 is 60.6 Å². The lowest BCUT2D eigenvalue weighted by Gasteiger charge is -2.23. The molecule has 0 aliphatic carbocycles. The van der Waals surface area contributed by atoms with Crippen LogP contribution in [0, 0.1) is 5.92 Å². The van der Waals surface area contributed by atoms with E-state index >= 15 is 0 Å². The molecule has 5 atom stereocenters. The van der Waals surface area contributed by atoms with Gasteiger partial charge in [-0.1, -0.05) is 13.8 Å². The van der Waals surface area contributed by atoms with Gasteiger partial charge in [0, 0.05) is 0 Å². The van der Waals surface area contributed by atoms with Gasteiger partial charge in [-0.05, 0) is 26.2 Å². The molecule has 0 aliphatic rings. The Morgan fingerprint density at radius 3 is 1.89 bits per heavy atom. The van der Waals surface area contributed by atoms with Gasteiger partial charge in [0.1, 0.15) is 18.1 Å². The van der Waals surface area contributed by atoms with Crippen LogP contribution in [0.5, 0.6) is 0 Å². The van der Waals surface area contributed by atoms with Gasteiger partial charge in [-0.3, -0.25) is 14.4 Å². The fourth-order valence-electron chi connectivity index (χ4n) is 2.09. The zero-order valence-corrected chi connectivity index (χ0v) is 15.9. The first-order valence-electron chi connectivity index (χ1n) is 8.58. The topological polar surface area (TPSA) is 191 Å². The van der Waals surface area contributed by atoms with Crippen molar-refractivity contribution in [3.63, 3.8) is 0 Å². The number of nitrogens with one attached hydrogen (secondary N) is 3. The van der Waals surface area contributed by atoms with Crippen LogP contribution in [0.3, 0.4) is 0 Å². The second-order valence-electron chi connectivity index (χ2n) is 6.80. The minimum Gasteiger partial charge on any atom is -0.480 e. The predicted octanol–water partition coefficient (Wildman–Crippen LogP) is -2.71. The van der Waals surface area contributed by atoms with Crippen molar-refractivity contribution in [3.8, 4) is 0 Å². The van der Waals surface area contributed by atoms with E-state index in [0.29, 0.717) is 0 Å². The summed E-state index contributed by atoms with van der Waals surface area (Å²) in [4.78, 5) is 47.0. The van der Waals surface area contributed by atoms with E-state index in [4.69, 9.17) is 10.8 Å². The summed E-state index contributed by atoms with van der Waals surface area (Å²) in [5.74, 6) is -3.59. The molecule has 3 amide bonds. The van der Waals surface area contributed by atoms with Crippen LogP contribution < -0.4 is 21.7 Å². The molecular formula is C16H30N4O7. The summed E-state index contributed by atoms with van der Waals surface area (Å²) in [6.07, 6.45) is -2.24. The van der Waals surface area contributed by atoms with Gasteiger partial charge in [0.05, 0.1) is 18.8 Å². The molecule has 5 unspecified atom stereocenters. The lowest BCUT2D eigenvalue weighted by atomic mass is 10.0. The van der Waals surface area contributed by atoms with Crippen molar-refractivity contribution in [2.45, 2.75) is 64.4 Å². The number of carbonyl (C=O) groups is 4. The maximum absolute atomic E-state index is 12.1. The van der Waals surface area contributed by atoms with Crippen LogP contribution in [0.4, 0.5) is 0 Å². The number of aliphatic hydroxyl groups excluding tert-OH is 2. The standard InChI is InChI=1S/C16H30N4O7/c1-7(2)5-10(16(26)27)19-11(23)6-18-15(25)13(9(4)22)20-14(24)12(17)8(3)21/h7-10,12-13,21-22H,5-6,17H2,1-4H3,(H,18,25)(H,19,23)(H,20,24)(H,26,27). The Morgan fingerprint density at radius 2 is 1.48 bits per heavy atom. The highest BCUT2D eigenvalue weighted by Crippen LogP contribution is 2.04. The van der Waals surface area contributed by atoms with Gasteiger partial charge < -0.3 is 37.0 Å². The molecule has 0 fully saturated rings. The second-order valence-corrected chi connectivity index (χ2v) is 6.80. The number of amides is 3. The SMILES string of the molecule is CC(C)CC(NC(=O)CNC(=O)C(NC(=O)C(N)C(C)O)C(C)O)C(=O)O. The molecule has 0 rings (SSSR count). The van der Waals surface area contributed by atoms with Gasteiger partial charge in [0.25, 0.3) is 0 Å². The number of aliphatic carboxylic acids is 1. The normalized spacial score (nSPS) is 16.6. The number of carboxylic acids is 1. The molecule has 0 bridgehead atoms. The Kier molecular flexibility index (Phi) is 10.5. The molecule has 0 radical (unpaired) electrons. The first-order chi connectivity index (χ1) is 12.4. The van der Waals surface area contributed by atoms with Crippen LogP contribution in [0.25, 0.3) is 0 Å². The van der Waals surface area contributed by atoms with Gasteiger partial charge >= 0.3 is 5.97 Å². The number of carboxylic acid groups (broad SMARTS) is 1. The average molecular weight is 390 g/mol. The number of hydrogen-bond donors (Lipinski definition) is 7. The average Bonchev–Trinajstić information content (AvgIpc) is 2.54. The largest absolute Gasteiger partial charge is 0.480 e. The molecule has 0 saturated carbocycles. The Hall–Kier alpha value is -2.24. The molecule has 8 N–H and O–H groups in total. The molecule has 0 aromatic carbocycles. The third kappa shape index (κ3) is 9.31. The third-order valence-corrected chi connectivity index (χ3v) is 3.65. The Labute approximate surface area is 157 Å². The van der Waals surface area contributed by atoms with E-state index in [0.717, 1.165) is 0 Å². The van der Waals surface area contributed by atoms with E-state index in [2.05, 4.69) is 16.0 Å². The van der Waals surface area contributed by atoms with Gasteiger partial charge in [0.15, 0.2) is 0 Å². The summed E-state index contributed by atoms with van der Waals surface area (Å²) in [6, 6.07) is -3.79. The zero-order valence-electron chi connectivity index (χ0n) is 15.9. The Morgan fingerprint density at radius 1 is 0.926 bits per heavy atom. The van der Waals surface area contributed by atoms with Crippen molar-refractivity contribution in [2.24, 2.45) is 11.7 Å². The van der Waals surface area contributed by atoms with E-state index in [1.807, 2.05) is 0 Å². The minimum atomic E-state index is -1.40. The first kappa shape index (κ1) is 24.8. The molecule has 0 aliphatic heterocycles. The van der Waals surface area contributed by atoms with Crippen molar-refractivity contribution < 1.29 is 34.5 Å². The fourth-order valence-corrected chi connectivity index (χ4v) is 2.09. The molecule has 0 aromatic heterocycles. The summed E-state index contributed by atoms with van der Waals surface area (Å²) >= 11 is 0. The molecule has 0 aromatic rings. The van der Waals surface area contributed by atoms with Crippen LogP contribution in [-0.4, -0.2) is 75.9 Å². The highest BCUT2D eigenvalue weighted by molar-refractivity contribution is 5.93. The highest BCUT2D eigenvalue weighted by Gasteiger charge is 2.29. The Balaban J connectivity index is 4.75. The van der Waals surface area contributed by atoms with Crippen LogP contribution in [0.1, 0.15) is 34.1 Å². The summed E-state index contributed by atoms with van der Waals surface area (Å²) < 4.78 is 0. The molecule has 0 saturated heterocycles. The minimum absolute atomic E-state index is 0.0361. The van der Waals surface area contributed by atoms with Crippen molar-refractivity contribution in [2.75, 3.05) is 6.54 Å². The molecule has 0 heterocycles. The van der Waals surface area contributed by atoms with Crippen LogP contribution in [0.15, 0.2) is 0 Å². The lowest BCUT2D eigenvalue weighted by Crippen LogP contribution is -2.58. The number of hydrogen-bond acceptors (Lipinski definition) is 7. The van der Waals surface area contributed by atoms with Crippen molar-refractivity contribution >= 4 is 23.7 Å². The maximum atomic E-state index is 12.1. The van der Waals surface area contributed by atoms with Crippen LogP contribution in [0.2, 0.25) is 0 Å². The molecular weight excluding hydrogens is 360 g/mol. The smallest absolute Gasteiger partial charge is 0.326 e. The van der Waals surface area contributed by atoms with Gasteiger partial charge in [-0.15, -0.1) is 0 Å². The maximum Gasteiger partial charge on any atom is 0.326 e. The van der Waals surface area contributed by atoms with Gasteiger partial charge in [-0.25, -0.2) is 4.79 Å². The number of carbonyl (C=O) groups excluding carboxylic acids is 3. The molecule has 11 nitrogen and oxygen atoms in total. The zero-order chi connectivity index (χ0) is 21.3. The van der Waals surface area contributed by atoms with E-state index in [-0.39, 0.29) is 12.3 Å². The lowest BCUT2D eigenvalue weighted by molar-refractivity contribution is -0.142. The molecule has 0 spiro atoms. The van der Waals surface area contributed by atoms with Crippen LogP contribution >= 0.6 is 0 Å². The third-order valence-electron chi connectivity index (χ3n) is 3.65. The predicted molar refractivity (Wildman–Crippen MR) is 95.3 cm³/mol. The Bertz CT molecular complexity index is 537. The summed E-state index contributed by atoms with van der Waals surface area (Å²) in [5, 5.41) is 34.8. The number of aliphatic hydroxyl groups is 2. The van der Waals surface area contributed by atoms with Gasteiger partial charge in [0.2, 0.25) is 17.7 Å². The highest BCUT2D eigenvalue weighted by atomic mass is 16.4. The van der Waals surface area contributed by atoms with Crippen molar-refractivity contribution in [1.29, 1.82) is 0 Å². The monoisotopic (exact) mass is 390 g/mol. The molecule has 11 heteroatoms. The summed E-state index contributed by atoms with van der Waals surface area (Å²) in [7, 11) is 0. The molecule has 27 heavy (non-hydrogen) atoms. The van der Waals surface area contributed by atoms with Gasteiger partial charge in [-0.2, -0.15) is 0 Å². The second kappa shape index (κ2) is 11.5. The van der Waals surface area contributed by atoms with E-state index in [9.17, 15) is 29.4 Å². The van der Waals surface area contributed by atoms with Crippen molar-refractivity contribution in [3.05, 3.63) is 0 Å². The van der Waals surface area contributed by atoms with Crippen LogP contribution in [-0.2, 0) is 19.2 Å². The first-order valence-corrected chi connectivity index (χ1v) is 8.58. The summed E-state index contributed by atoms with van der Waals surface area (Å²) in [5.41, 5.74) is 5.46. The van der Waals surface area contributed by atoms with E-state index in [1.54, 1.807) is 13.8 Å². The van der Waals surface area contributed by atoms with E-state index in [1.165, 1.54) is 13.8 Å². The number of nitrogens with two attached hydrogens (primary N) is 1. The van der Waals surface area contributed by atoms with Crippen molar-refractivity contribution in [1.82, 2.24) is 16.0 Å². The summed E-state index contributed by atoms with van der Waals surface area (Å²) in [6.45, 7) is 5.61. The fraction of sp³-hybridized carbons (Fsp3) is 0.750. The quantitative estimate of drug-likeness (QED) is 0.198. The molecule has 156 valence electrons.